The topological polar surface area (TPSA) is 26.0 Å². The molecule has 2 aromatic rings. The lowest BCUT2D eigenvalue weighted by atomic mass is 10.2. The van der Waals surface area contributed by atoms with E-state index in [9.17, 15) is 8.78 Å². The maximum Gasteiger partial charge on any atom is 0.196 e. The van der Waals surface area contributed by atoms with Crippen LogP contribution in [0.25, 0.3) is 11.3 Å². The highest BCUT2D eigenvalue weighted by Gasteiger charge is 2.11. The van der Waals surface area contributed by atoms with Gasteiger partial charge in [-0.2, -0.15) is 0 Å². The van der Waals surface area contributed by atoms with E-state index in [1.807, 2.05) is 0 Å². The van der Waals surface area contributed by atoms with Crippen molar-refractivity contribution in [3.8, 4) is 11.3 Å². The van der Waals surface area contributed by atoms with Gasteiger partial charge in [0, 0.05) is 12.3 Å². The molecule has 0 saturated heterocycles. The fraction of sp³-hybridized carbons (Fsp3) is 0.182. The first-order chi connectivity index (χ1) is 7.70. The summed E-state index contributed by atoms with van der Waals surface area (Å²) in [6.45, 7) is 0. The predicted molar refractivity (Wildman–Crippen MR) is 56.3 cm³/mol. The first-order valence-corrected chi connectivity index (χ1v) is 5.20. The smallest absolute Gasteiger partial charge is 0.196 e. The molecule has 16 heavy (non-hydrogen) atoms. The molecule has 1 aromatic carbocycles. The standard InChI is InChI=1S/C11H8ClF2NO/c12-4-3-11-15-6-10(16-11)8-5-7(13)1-2-9(8)14/h1-2,5-6H,3-4H2. The SMILES string of the molecule is Fc1ccc(F)c(-c2cnc(CCCl)o2)c1. The van der Waals surface area contributed by atoms with E-state index in [-0.39, 0.29) is 11.3 Å². The molecule has 0 saturated carbocycles. The predicted octanol–water partition coefficient (Wildman–Crippen LogP) is 3.40. The van der Waals surface area contributed by atoms with Crippen LogP contribution in [0.4, 0.5) is 8.78 Å². The molecule has 0 amide bonds. The summed E-state index contributed by atoms with van der Waals surface area (Å²) in [5, 5.41) is 0. The van der Waals surface area contributed by atoms with Gasteiger partial charge < -0.3 is 4.42 Å². The minimum Gasteiger partial charge on any atom is -0.441 e. The molecule has 1 heterocycles. The van der Waals surface area contributed by atoms with Crippen molar-refractivity contribution in [1.82, 2.24) is 4.98 Å². The zero-order valence-electron chi connectivity index (χ0n) is 8.21. The van der Waals surface area contributed by atoms with Crippen molar-refractivity contribution in [2.75, 3.05) is 5.88 Å². The average Bonchev–Trinajstić information content (AvgIpc) is 2.71. The Morgan fingerprint density at radius 3 is 2.88 bits per heavy atom. The van der Waals surface area contributed by atoms with E-state index in [4.69, 9.17) is 16.0 Å². The minimum absolute atomic E-state index is 0.0633. The van der Waals surface area contributed by atoms with Gasteiger partial charge in [0.2, 0.25) is 0 Å². The Morgan fingerprint density at radius 2 is 2.12 bits per heavy atom. The van der Waals surface area contributed by atoms with Gasteiger partial charge in [-0.3, -0.25) is 0 Å². The summed E-state index contributed by atoms with van der Waals surface area (Å²) < 4.78 is 31.6. The van der Waals surface area contributed by atoms with Crippen LogP contribution < -0.4 is 0 Å². The Bertz CT molecular complexity index is 498. The zero-order valence-corrected chi connectivity index (χ0v) is 8.97. The van der Waals surface area contributed by atoms with Crippen molar-refractivity contribution in [2.45, 2.75) is 6.42 Å². The molecule has 0 fully saturated rings. The molecule has 0 spiro atoms. The Hall–Kier alpha value is -1.42. The minimum atomic E-state index is -0.546. The molecule has 0 radical (unpaired) electrons. The molecule has 1 aromatic heterocycles. The van der Waals surface area contributed by atoms with Crippen LogP contribution in [0, 0.1) is 11.6 Å². The van der Waals surface area contributed by atoms with E-state index >= 15 is 0 Å². The molecule has 84 valence electrons. The van der Waals surface area contributed by atoms with E-state index in [2.05, 4.69) is 4.98 Å². The maximum absolute atomic E-state index is 13.4. The number of hydrogen-bond donors (Lipinski definition) is 0. The summed E-state index contributed by atoms with van der Waals surface area (Å²) in [6, 6.07) is 3.17. The van der Waals surface area contributed by atoms with Gasteiger partial charge >= 0.3 is 0 Å². The first-order valence-electron chi connectivity index (χ1n) is 4.67. The number of oxazole rings is 1. The van der Waals surface area contributed by atoms with Crippen LogP contribution in [0.5, 0.6) is 0 Å². The molecule has 0 aliphatic rings. The molecule has 0 atom stereocenters. The molecule has 2 nitrogen and oxygen atoms in total. The lowest BCUT2D eigenvalue weighted by Crippen LogP contribution is -1.85. The van der Waals surface area contributed by atoms with Crippen LogP contribution in [0.1, 0.15) is 5.89 Å². The van der Waals surface area contributed by atoms with Crippen LogP contribution in [-0.2, 0) is 6.42 Å². The lowest BCUT2D eigenvalue weighted by molar-refractivity contribution is 0.509. The summed E-state index contributed by atoms with van der Waals surface area (Å²) in [5.41, 5.74) is 0.0633. The third kappa shape index (κ3) is 2.22. The second-order valence-electron chi connectivity index (χ2n) is 3.18. The van der Waals surface area contributed by atoms with E-state index in [1.54, 1.807) is 0 Å². The highest BCUT2D eigenvalue weighted by atomic mass is 35.5. The maximum atomic E-state index is 13.4. The number of nitrogens with zero attached hydrogens (tertiary/aromatic N) is 1. The third-order valence-corrected chi connectivity index (χ3v) is 2.24. The molecular formula is C11H8ClF2NO. The zero-order chi connectivity index (χ0) is 11.5. The monoisotopic (exact) mass is 243 g/mol. The van der Waals surface area contributed by atoms with Gasteiger partial charge in [0.05, 0.1) is 11.8 Å². The van der Waals surface area contributed by atoms with Crippen LogP contribution in [-0.4, -0.2) is 10.9 Å². The van der Waals surface area contributed by atoms with Gasteiger partial charge in [0.25, 0.3) is 0 Å². The van der Waals surface area contributed by atoms with Crippen molar-refractivity contribution in [3.05, 3.63) is 41.9 Å². The molecule has 0 bridgehead atoms. The number of alkyl halides is 1. The lowest BCUT2D eigenvalue weighted by Gasteiger charge is -1.98. The van der Waals surface area contributed by atoms with E-state index in [0.717, 1.165) is 18.2 Å². The van der Waals surface area contributed by atoms with Crippen molar-refractivity contribution in [1.29, 1.82) is 0 Å². The highest BCUT2D eigenvalue weighted by Crippen LogP contribution is 2.24. The normalized spacial score (nSPS) is 10.7. The van der Waals surface area contributed by atoms with Crippen molar-refractivity contribution in [2.24, 2.45) is 0 Å². The molecule has 0 aliphatic carbocycles. The molecule has 2 rings (SSSR count). The largest absolute Gasteiger partial charge is 0.441 e. The van der Waals surface area contributed by atoms with Gasteiger partial charge in [-0.1, -0.05) is 0 Å². The third-order valence-electron chi connectivity index (χ3n) is 2.06. The molecule has 0 aliphatic heterocycles. The molecular weight excluding hydrogens is 236 g/mol. The van der Waals surface area contributed by atoms with Gasteiger partial charge in [0.15, 0.2) is 11.7 Å². The van der Waals surface area contributed by atoms with Gasteiger partial charge in [-0.25, -0.2) is 13.8 Å². The van der Waals surface area contributed by atoms with Gasteiger partial charge in [-0.15, -0.1) is 11.6 Å². The van der Waals surface area contributed by atoms with Crippen molar-refractivity contribution >= 4 is 11.6 Å². The summed E-state index contributed by atoms with van der Waals surface area (Å²) >= 11 is 5.51. The number of hydrogen-bond acceptors (Lipinski definition) is 2. The Morgan fingerprint density at radius 1 is 1.31 bits per heavy atom. The fourth-order valence-electron chi connectivity index (χ4n) is 1.32. The summed E-state index contributed by atoms with van der Waals surface area (Å²) in [6.07, 6.45) is 1.82. The van der Waals surface area contributed by atoms with Gasteiger partial charge in [-0.05, 0) is 18.2 Å². The van der Waals surface area contributed by atoms with Crippen LogP contribution in [0.3, 0.4) is 0 Å². The van der Waals surface area contributed by atoms with Gasteiger partial charge in [0.1, 0.15) is 11.6 Å². The van der Waals surface area contributed by atoms with Crippen molar-refractivity contribution < 1.29 is 13.2 Å². The fourth-order valence-corrected chi connectivity index (χ4v) is 1.48. The van der Waals surface area contributed by atoms with E-state index in [0.29, 0.717) is 18.2 Å². The number of aromatic nitrogens is 1. The number of rotatable bonds is 3. The highest BCUT2D eigenvalue weighted by molar-refractivity contribution is 6.17. The quantitative estimate of drug-likeness (QED) is 0.773. The molecule has 0 unspecified atom stereocenters. The first kappa shape index (κ1) is 11.1. The molecule has 5 heteroatoms. The van der Waals surface area contributed by atoms with Crippen molar-refractivity contribution in [3.63, 3.8) is 0 Å². The summed E-state index contributed by atoms with van der Waals surface area (Å²) in [7, 11) is 0. The van der Waals surface area contributed by atoms with Crippen LogP contribution in [0.15, 0.2) is 28.8 Å². The van der Waals surface area contributed by atoms with Crippen LogP contribution in [0.2, 0.25) is 0 Å². The Balaban J connectivity index is 2.38. The van der Waals surface area contributed by atoms with E-state index in [1.165, 1.54) is 6.20 Å². The second-order valence-corrected chi connectivity index (χ2v) is 3.56. The number of halogens is 3. The Labute approximate surface area is 95.9 Å². The van der Waals surface area contributed by atoms with Crippen LogP contribution >= 0.6 is 11.6 Å². The summed E-state index contributed by atoms with van der Waals surface area (Å²) in [5.74, 6) is -0.0848. The molecule has 0 N–H and O–H groups in total. The second kappa shape index (κ2) is 4.61. The number of aryl methyl sites for hydroxylation is 1. The summed E-state index contributed by atoms with van der Waals surface area (Å²) in [4.78, 5) is 3.91. The number of benzene rings is 1. The van der Waals surface area contributed by atoms with E-state index < -0.39 is 11.6 Å². The Kier molecular flexibility index (Phi) is 3.19. The average molecular weight is 244 g/mol.